The van der Waals surface area contributed by atoms with Crippen molar-refractivity contribution < 1.29 is 23.1 Å². The highest BCUT2D eigenvalue weighted by molar-refractivity contribution is 9.10. The Morgan fingerprint density at radius 2 is 1.81 bits per heavy atom. The van der Waals surface area contributed by atoms with E-state index in [0.717, 1.165) is 0 Å². The predicted octanol–water partition coefficient (Wildman–Crippen LogP) is 4.30. The molecule has 0 radical (unpaired) electrons. The van der Waals surface area contributed by atoms with E-state index in [1.807, 2.05) is 0 Å². The highest BCUT2D eigenvalue weighted by Gasteiger charge is 2.38. The lowest BCUT2D eigenvalue weighted by molar-refractivity contribution is -0.138. The van der Waals surface area contributed by atoms with Crippen molar-refractivity contribution in [2.24, 2.45) is 10.9 Å². The molecule has 1 N–H and O–H groups in total. The van der Waals surface area contributed by atoms with E-state index in [-0.39, 0.29) is 17.9 Å². The Labute approximate surface area is 129 Å². The first kappa shape index (κ1) is 17.7. The van der Waals surface area contributed by atoms with Crippen molar-refractivity contribution >= 4 is 27.6 Å². The fourth-order valence-corrected chi connectivity index (χ4v) is 1.99. The van der Waals surface area contributed by atoms with Gasteiger partial charge in [0.1, 0.15) is 11.8 Å². The van der Waals surface area contributed by atoms with Crippen LogP contribution in [0.15, 0.2) is 33.7 Å². The summed E-state index contributed by atoms with van der Waals surface area (Å²) in [4.78, 5) is 14.6. The molecule has 0 fully saturated rings. The topological polar surface area (TPSA) is 49.7 Å². The number of hydrogen-bond donors (Lipinski definition) is 1. The summed E-state index contributed by atoms with van der Waals surface area (Å²) in [5.74, 6) is -1.43. The van der Waals surface area contributed by atoms with E-state index in [1.54, 1.807) is 13.8 Å². The van der Waals surface area contributed by atoms with Gasteiger partial charge in [-0.05, 0) is 24.5 Å². The lowest BCUT2D eigenvalue weighted by Gasteiger charge is -2.16. The summed E-state index contributed by atoms with van der Waals surface area (Å²) < 4.78 is 40.0. The lowest BCUT2D eigenvalue weighted by Crippen LogP contribution is -2.29. The van der Waals surface area contributed by atoms with Crippen LogP contribution in [0, 0.1) is 5.92 Å². The molecular formula is C14H15BrF3NO2. The largest absolute Gasteiger partial charge is 0.480 e. The molecule has 0 saturated carbocycles. The maximum atomic E-state index is 13.1. The second-order valence-electron chi connectivity index (χ2n) is 4.97. The minimum absolute atomic E-state index is 0.0471. The van der Waals surface area contributed by atoms with Gasteiger partial charge in [-0.1, -0.05) is 41.9 Å². The number of benzene rings is 1. The molecule has 0 bridgehead atoms. The number of carboxylic acids is 1. The van der Waals surface area contributed by atoms with Crippen molar-refractivity contribution in [3.05, 3.63) is 34.3 Å². The molecule has 0 aliphatic heterocycles. The summed E-state index contributed by atoms with van der Waals surface area (Å²) in [6.07, 6.45) is -4.66. The summed E-state index contributed by atoms with van der Waals surface area (Å²) in [5, 5.41) is 9.05. The fourth-order valence-electron chi connectivity index (χ4n) is 1.73. The maximum Gasteiger partial charge on any atom is 0.433 e. The van der Waals surface area contributed by atoms with E-state index in [4.69, 9.17) is 5.11 Å². The smallest absolute Gasteiger partial charge is 0.433 e. The molecule has 1 rings (SSSR count). The highest BCUT2D eigenvalue weighted by atomic mass is 79.9. The number of hydrogen-bond acceptors (Lipinski definition) is 2. The molecule has 1 atom stereocenters. The number of nitrogens with zero attached hydrogens (tertiary/aromatic N) is 1. The second-order valence-corrected chi connectivity index (χ2v) is 5.88. The van der Waals surface area contributed by atoms with Crippen LogP contribution in [-0.4, -0.2) is 29.0 Å². The molecule has 0 spiro atoms. The van der Waals surface area contributed by atoms with Crippen molar-refractivity contribution in [3.63, 3.8) is 0 Å². The first-order valence-electron chi connectivity index (χ1n) is 6.25. The molecule has 1 aromatic carbocycles. The zero-order valence-electron chi connectivity index (χ0n) is 11.5. The number of halogens is 4. The SMILES string of the molecule is CC(C)C[C@H](N=C(c1ccc(Br)cc1)C(F)(F)F)C(=O)O. The maximum absolute atomic E-state index is 13.1. The number of carboxylic acid groups (broad SMARTS) is 1. The number of rotatable bonds is 5. The van der Waals surface area contributed by atoms with Gasteiger partial charge in [-0.3, -0.25) is 4.99 Å². The second kappa shape index (κ2) is 7.06. The van der Waals surface area contributed by atoms with Crippen molar-refractivity contribution in [1.29, 1.82) is 0 Å². The summed E-state index contributed by atoms with van der Waals surface area (Å²) >= 11 is 3.14. The molecule has 7 heteroatoms. The molecule has 1 aromatic rings. The Balaban J connectivity index is 3.26. The van der Waals surface area contributed by atoms with Crippen LogP contribution in [0.2, 0.25) is 0 Å². The van der Waals surface area contributed by atoms with E-state index in [2.05, 4.69) is 20.9 Å². The van der Waals surface area contributed by atoms with E-state index in [1.165, 1.54) is 24.3 Å². The molecule has 0 heterocycles. The van der Waals surface area contributed by atoms with E-state index in [9.17, 15) is 18.0 Å². The van der Waals surface area contributed by atoms with Gasteiger partial charge in [-0.2, -0.15) is 13.2 Å². The van der Waals surface area contributed by atoms with Gasteiger partial charge in [0, 0.05) is 10.0 Å². The van der Waals surface area contributed by atoms with Crippen molar-refractivity contribution in [2.75, 3.05) is 0 Å². The Hall–Kier alpha value is -1.37. The zero-order valence-corrected chi connectivity index (χ0v) is 13.1. The van der Waals surface area contributed by atoms with Gasteiger partial charge in [-0.15, -0.1) is 0 Å². The summed E-state index contributed by atoms with van der Waals surface area (Å²) in [6.45, 7) is 3.47. The van der Waals surface area contributed by atoms with Gasteiger partial charge < -0.3 is 5.11 Å². The van der Waals surface area contributed by atoms with Crippen molar-refractivity contribution in [2.45, 2.75) is 32.5 Å². The molecule has 0 aliphatic rings. The van der Waals surface area contributed by atoms with Crippen LogP contribution >= 0.6 is 15.9 Å². The molecular weight excluding hydrogens is 351 g/mol. The number of aliphatic carboxylic acids is 1. The van der Waals surface area contributed by atoms with E-state index in [0.29, 0.717) is 4.47 Å². The van der Waals surface area contributed by atoms with Gasteiger partial charge in [0.15, 0.2) is 0 Å². The molecule has 21 heavy (non-hydrogen) atoms. The van der Waals surface area contributed by atoms with Gasteiger partial charge in [-0.25, -0.2) is 4.79 Å². The summed E-state index contributed by atoms with van der Waals surface area (Å²) in [7, 11) is 0. The number of aliphatic imine (C=N–C) groups is 1. The number of carbonyl (C=O) groups is 1. The first-order valence-corrected chi connectivity index (χ1v) is 7.04. The average molecular weight is 366 g/mol. The molecule has 3 nitrogen and oxygen atoms in total. The Bertz CT molecular complexity index is 524. The molecule has 116 valence electrons. The zero-order chi connectivity index (χ0) is 16.2. The summed E-state index contributed by atoms with van der Waals surface area (Å²) in [5.41, 5.74) is -1.32. The molecule has 0 amide bonds. The Morgan fingerprint density at radius 1 is 1.29 bits per heavy atom. The third kappa shape index (κ3) is 5.49. The van der Waals surface area contributed by atoms with Crippen LogP contribution in [-0.2, 0) is 4.79 Å². The monoisotopic (exact) mass is 365 g/mol. The highest BCUT2D eigenvalue weighted by Crippen LogP contribution is 2.25. The van der Waals surface area contributed by atoms with Gasteiger partial charge in [0.25, 0.3) is 0 Å². The van der Waals surface area contributed by atoms with Crippen LogP contribution in [0.5, 0.6) is 0 Å². The standard InChI is InChI=1S/C14H15BrF3NO2/c1-8(2)7-11(13(20)21)19-12(14(16,17)18)9-3-5-10(15)6-4-9/h3-6,8,11H,7H2,1-2H3,(H,20,21)/t11-/m0/s1. The molecule has 0 saturated heterocycles. The van der Waals surface area contributed by atoms with Gasteiger partial charge in [0.2, 0.25) is 0 Å². The lowest BCUT2D eigenvalue weighted by atomic mass is 10.0. The fraction of sp³-hybridized carbons (Fsp3) is 0.429. The third-order valence-electron chi connectivity index (χ3n) is 2.65. The quantitative estimate of drug-likeness (QED) is 0.790. The van der Waals surface area contributed by atoms with Crippen molar-refractivity contribution in [3.8, 4) is 0 Å². The Kier molecular flexibility index (Phi) is 5.95. The van der Waals surface area contributed by atoms with Gasteiger partial charge in [0.05, 0.1) is 0 Å². The van der Waals surface area contributed by atoms with Crippen LogP contribution in [0.1, 0.15) is 25.8 Å². The van der Waals surface area contributed by atoms with Crippen molar-refractivity contribution in [1.82, 2.24) is 0 Å². The molecule has 0 aromatic heterocycles. The third-order valence-corrected chi connectivity index (χ3v) is 3.18. The first-order chi connectivity index (χ1) is 9.61. The summed E-state index contributed by atoms with van der Waals surface area (Å²) in [6, 6.07) is 4.00. The van der Waals surface area contributed by atoms with E-state index < -0.39 is 23.9 Å². The predicted molar refractivity (Wildman–Crippen MR) is 77.6 cm³/mol. The minimum atomic E-state index is -4.71. The van der Waals surface area contributed by atoms with E-state index >= 15 is 0 Å². The minimum Gasteiger partial charge on any atom is -0.480 e. The van der Waals surface area contributed by atoms with Crippen LogP contribution in [0.25, 0.3) is 0 Å². The average Bonchev–Trinajstić information content (AvgIpc) is 2.33. The molecule has 0 unspecified atom stereocenters. The van der Waals surface area contributed by atoms with Crippen LogP contribution in [0.4, 0.5) is 13.2 Å². The van der Waals surface area contributed by atoms with Crippen LogP contribution < -0.4 is 0 Å². The molecule has 0 aliphatic carbocycles. The van der Waals surface area contributed by atoms with Gasteiger partial charge >= 0.3 is 12.1 Å². The van der Waals surface area contributed by atoms with Crippen LogP contribution in [0.3, 0.4) is 0 Å². The Morgan fingerprint density at radius 3 is 2.19 bits per heavy atom. The number of alkyl halides is 3. The normalized spacial score (nSPS) is 14.3.